The number of hydrogen-bond donors (Lipinski definition) is 2. The van der Waals surface area contributed by atoms with Gasteiger partial charge in [-0.2, -0.15) is 13.2 Å². The fourth-order valence-electron chi connectivity index (χ4n) is 4.29. The quantitative estimate of drug-likeness (QED) is 0.709. The summed E-state index contributed by atoms with van der Waals surface area (Å²) in [4.78, 5) is 29.9. The summed E-state index contributed by atoms with van der Waals surface area (Å²) >= 11 is 1.34. The topological polar surface area (TPSA) is 76.0 Å². The van der Waals surface area contributed by atoms with E-state index in [-0.39, 0.29) is 17.9 Å². The molecule has 2 heterocycles. The number of thioether (sulfide) groups is 1. The molecule has 1 aromatic carbocycles. The fraction of sp³-hybridized carbons (Fsp3) is 0.526. The van der Waals surface area contributed by atoms with Crippen molar-refractivity contribution in [1.82, 2.24) is 14.9 Å². The predicted molar refractivity (Wildman–Crippen MR) is 104 cm³/mol. The number of amides is 2. The van der Waals surface area contributed by atoms with E-state index in [1.54, 1.807) is 18.4 Å². The Kier molecular flexibility index (Phi) is 5.00. The van der Waals surface area contributed by atoms with Crippen molar-refractivity contribution in [3.63, 3.8) is 0 Å². The number of imidazole rings is 1. The average Bonchev–Trinajstić information content (AvgIpc) is 3.36. The van der Waals surface area contributed by atoms with Crippen LogP contribution in [0.1, 0.15) is 38.5 Å². The Morgan fingerprint density at radius 3 is 2.76 bits per heavy atom. The highest BCUT2D eigenvalue weighted by Crippen LogP contribution is 2.45. The number of anilines is 1. The van der Waals surface area contributed by atoms with Gasteiger partial charge in [-0.1, -0.05) is 31.7 Å². The lowest BCUT2D eigenvalue weighted by Gasteiger charge is -2.32. The van der Waals surface area contributed by atoms with Gasteiger partial charge < -0.3 is 5.32 Å². The van der Waals surface area contributed by atoms with Gasteiger partial charge in [0.2, 0.25) is 11.9 Å². The fourth-order valence-corrected chi connectivity index (χ4v) is 4.85. The number of nitrogens with zero attached hydrogens (tertiary/aromatic N) is 2. The molecule has 2 aliphatic rings. The van der Waals surface area contributed by atoms with Crippen LogP contribution in [0, 0.1) is 5.92 Å². The molecule has 0 spiro atoms. The third kappa shape index (κ3) is 3.17. The van der Waals surface area contributed by atoms with E-state index >= 15 is 0 Å². The molecule has 0 radical (unpaired) electrons. The number of nitrogens with one attached hydrogen (secondary N) is 2. The Bertz CT molecular complexity index is 968. The maximum atomic E-state index is 14.3. The number of alkyl halides is 3. The lowest BCUT2D eigenvalue weighted by atomic mass is 10.0. The number of halogens is 3. The van der Waals surface area contributed by atoms with Crippen molar-refractivity contribution in [3.05, 3.63) is 18.2 Å². The number of benzene rings is 1. The van der Waals surface area contributed by atoms with Gasteiger partial charge in [-0.25, -0.2) is 4.98 Å². The molecule has 1 saturated carbocycles. The second-order valence-electron chi connectivity index (χ2n) is 7.50. The maximum absolute atomic E-state index is 14.3. The Hall–Kier alpha value is -2.23. The van der Waals surface area contributed by atoms with E-state index in [9.17, 15) is 22.8 Å². The van der Waals surface area contributed by atoms with Crippen molar-refractivity contribution in [3.8, 4) is 0 Å². The molecule has 1 atom stereocenters. The Morgan fingerprint density at radius 2 is 2.10 bits per heavy atom. The molecule has 1 aliphatic heterocycles. The number of carbonyl (C=O) groups is 2. The molecule has 1 fully saturated rings. The largest absolute Gasteiger partial charge is 0.440 e. The van der Waals surface area contributed by atoms with Gasteiger partial charge in [0.15, 0.2) is 0 Å². The molecule has 0 saturated heterocycles. The third-order valence-electron chi connectivity index (χ3n) is 5.74. The molecule has 1 aromatic heterocycles. The van der Waals surface area contributed by atoms with Crippen LogP contribution >= 0.6 is 11.8 Å². The van der Waals surface area contributed by atoms with Crippen LogP contribution in [0.2, 0.25) is 0 Å². The van der Waals surface area contributed by atoms with Gasteiger partial charge in [-0.15, -0.1) is 11.8 Å². The van der Waals surface area contributed by atoms with Crippen molar-refractivity contribution in [2.75, 3.05) is 11.6 Å². The number of rotatable bonds is 5. The second-order valence-corrected chi connectivity index (χ2v) is 8.35. The van der Waals surface area contributed by atoms with Crippen LogP contribution in [0.5, 0.6) is 0 Å². The van der Waals surface area contributed by atoms with Crippen LogP contribution in [-0.4, -0.2) is 33.8 Å². The first kappa shape index (κ1) is 20.1. The Labute approximate surface area is 169 Å². The van der Waals surface area contributed by atoms with Gasteiger partial charge in [-0.05, 0) is 30.7 Å². The van der Waals surface area contributed by atoms with Crippen molar-refractivity contribution in [2.24, 2.45) is 5.92 Å². The van der Waals surface area contributed by atoms with Crippen LogP contribution in [0.15, 0.2) is 23.1 Å². The third-order valence-corrected chi connectivity index (χ3v) is 6.51. The second kappa shape index (κ2) is 7.23. The van der Waals surface area contributed by atoms with E-state index in [0.717, 1.165) is 30.3 Å². The molecule has 1 unspecified atom stereocenters. The molecule has 4 rings (SSSR count). The molecule has 1 aliphatic carbocycles. The summed E-state index contributed by atoms with van der Waals surface area (Å²) in [6.45, 7) is 0. The van der Waals surface area contributed by atoms with E-state index in [4.69, 9.17) is 0 Å². The molecule has 0 bridgehead atoms. The van der Waals surface area contributed by atoms with E-state index in [0.29, 0.717) is 22.8 Å². The lowest BCUT2D eigenvalue weighted by Crippen LogP contribution is -2.63. The van der Waals surface area contributed by atoms with Crippen LogP contribution < -0.4 is 10.6 Å². The normalized spacial score (nSPS) is 22.1. The summed E-state index contributed by atoms with van der Waals surface area (Å²) in [5, 5.41) is 4.23. The molecule has 2 amide bonds. The molecular formula is C19H21F3N4O2S. The van der Waals surface area contributed by atoms with Crippen LogP contribution in [0.4, 0.5) is 19.1 Å². The van der Waals surface area contributed by atoms with Crippen molar-refractivity contribution >= 4 is 40.6 Å². The monoisotopic (exact) mass is 426 g/mol. The summed E-state index contributed by atoms with van der Waals surface area (Å²) < 4.78 is 43.7. The Morgan fingerprint density at radius 1 is 1.38 bits per heavy atom. The first-order valence-corrected chi connectivity index (χ1v) is 10.8. The van der Waals surface area contributed by atoms with Gasteiger partial charge in [0, 0.05) is 11.3 Å². The SMILES string of the molecule is CSc1cccc2c1nc1n2C(NC(=O)CCC2CCCC2)(C(F)(F)F)C(=O)N1. The van der Waals surface area contributed by atoms with Gasteiger partial charge in [0.25, 0.3) is 11.6 Å². The predicted octanol–water partition coefficient (Wildman–Crippen LogP) is 4.01. The van der Waals surface area contributed by atoms with Gasteiger partial charge in [-0.3, -0.25) is 19.5 Å². The molecule has 156 valence electrons. The molecule has 6 nitrogen and oxygen atoms in total. The van der Waals surface area contributed by atoms with E-state index < -0.39 is 23.7 Å². The van der Waals surface area contributed by atoms with Crippen LogP contribution in [-0.2, 0) is 15.3 Å². The number of hydrogen-bond acceptors (Lipinski definition) is 4. The van der Waals surface area contributed by atoms with Crippen molar-refractivity contribution < 1.29 is 22.8 Å². The molecule has 2 N–H and O–H groups in total. The minimum atomic E-state index is -5.05. The summed E-state index contributed by atoms with van der Waals surface area (Å²) in [7, 11) is 0. The van der Waals surface area contributed by atoms with Gasteiger partial charge in [0.1, 0.15) is 5.52 Å². The molecule has 10 heteroatoms. The standard InChI is InChI=1S/C19H21F3N4O2S/c1-29-13-8-4-7-12-15(13)23-17-24-16(28)18(26(12)17,19(20,21)22)25-14(27)10-9-11-5-2-3-6-11/h4,7-8,11H,2-3,5-6,9-10H2,1H3,(H,25,27)(H,23,24,28). The number of carbonyl (C=O) groups excluding carboxylic acids is 2. The van der Waals surface area contributed by atoms with Crippen LogP contribution in [0.3, 0.4) is 0 Å². The van der Waals surface area contributed by atoms with Crippen molar-refractivity contribution in [1.29, 1.82) is 0 Å². The highest BCUT2D eigenvalue weighted by Gasteiger charge is 2.67. The zero-order valence-corrected chi connectivity index (χ0v) is 16.6. The minimum absolute atomic E-state index is 0.0478. The van der Waals surface area contributed by atoms with Crippen molar-refractivity contribution in [2.45, 2.75) is 55.3 Å². The zero-order chi connectivity index (χ0) is 20.8. The number of fused-ring (bicyclic) bond motifs is 3. The number of para-hydroxylation sites is 1. The first-order valence-electron chi connectivity index (χ1n) is 9.53. The summed E-state index contributed by atoms with van der Waals surface area (Å²) in [5.74, 6) is -2.01. The van der Waals surface area contributed by atoms with Gasteiger partial charge in [0.05, 0.1) is 5.52 Å². The molecule has 29 heavy (non-hydrogen) atoms. The van der Waals surface area contributed by atoms with Gasteiger partial charge >= 0.3 is 6.18 Å². The van der Waals surface area contributed by atoms with E-state index in [1.165, 1.54) is 17.8 Å². The maximum Gasteiger partial charge on any atom is 0.440 e. The summed E-state index contributed by atoms with van der Waals surface area (Å²) in [5.41, 5.74) is -2.72. The van der Waals surface area contributed by atoms with Crippen LogP contribution in [0.25, 0.3) is 11.0 Å². The smallest absolute Gasteiger partial charge is 0.317 e. The minimum Gasteiger partial charge on any atom is -0.317 e. The highest BCUT2D eigenvalue weighted by atomic mass is 32.2. The van der Waals surface area contributed by atoms with E-state index in [1.807, 2.05) is 5.32 Å². The first-order chi connectivity index (χ1) is 13.8. The average molecular weight is 426 g/mol. The zero-order valence-electron chi connectivity index (χ0n) is 15.8. The summed E-state index contributed by atoms with van der Waals surface area (Å²) in [6.07, 6.45) is 1.38. The van der Waals surface area contributed by atoms with E-state index in [2.05, 4.69) is 10.3 Å². The number of aromatic nitrogens is 2. The molecule has 2 aromatic rings. The highest BCUT2D eigenvalue weighted by molar-refractivity contribution is 7.98. The lowest BCUT2D eigenvalue weighted by molar-refractivity contribution is -0.217. The Balaban J connectivity index is 1.73. The summed E-state index contributed by atoms with van der Waals surface area (Å²) in [6, 6.07) is 4.82. The molecular weight excluding hydrogens is 405 g/mol.